The number of aromatic nitrogens is 3. The highest BCUT2D eigenvalue weighted by molar-refractivity contribution is 5.97. The van der Waals surface area contributed by atoms with E-state index in [1.165, 1.54) is 0 Å². The van der Waals surface area contributed by atoms with Crippen molar-refractivity contribution in [2.24, 2.45) is 0 Å². The monoisotopic (exact) mass is 592 g/mol. The molecule has 1 aliphatic heterocycles. The molecule has 228 valence electrons. The molecule has 0 spiro atoms. The smallest absolute Gasteiger partial charge is 0.257 e. The van der Waals surface area contributed by atoms with Crippen molar-refractivity contribution in [3.05, 3.63) is 100 Å². The SMILES string of the molecule is CCCCOc1cc(C)ccc1C(=O)N1CCN(C(Cc2ccc(C#N)c(Oc3cccnc3C)c2)c2cnc(C)[nH]2)CC1. The molecule has 5 rings (SSSR count). The Labute approximate surface area is 259 Å². The molecule has 9 heteroatoms. The number of pyridine rings is 1. The molecule has 3 heterocycles. The quantitative estimate of drug-likeness (QED) is 0.203. The van der Waals surface area contributed by atoms with Gasteiger partial charge >= 0.3 is 0 Å². The van der Waals surface area contributed by atoms with E-state index in [2.05, 4.69) is 32.8 Å². The van der Waals surface area contributed by atoms with E-state index >= 15 is 0 Å². The third kappa shape index (κ3) is 7.26. The zero-order valence-corrected chi connectivity index (χ0v) is 26.0. The highest BCUT2D eigenvalue weighted by Gasteiger charge is 2.30. The summed E-state index contributed by atoms with van der Waals surface area (Å²) in [5, 5.41) is 9.75. The van der Waals surface area contributed by atoms with Gasteiger partial charge in [-0.25, -0.2) is 4.98 Å². The van der Waals surface area contributed by atoms with E-state index < -0.39 is 0 Å². The molecule has 0 radical (unpaired) electrons. The molecule has 4 aromatic rings. The van der Waals surface area contributed by atoms with Crippen molar-refractivity contribution >= 4 is 5.91 Å². The van der Waals surface area contributed by atoms with Gasteiger partial charge in [-0.15, -0.1) is 0 Å². The average Bonchev–Trinajstić information content (AvgIpc) is 3.47. The standard InChI is InChI=1S/C35H40N6O3/c1-5-6-18-43-34-19-24(2)9-12-29(34)35(42)41-16-14-40(15-17-41)31(30-23-38-26(4)39-30)20-27-10-11-28(22-36)33(21-27)44-32-8-7-13-37-25(32)3/h7-13,19,21,23,31H,5-6,14-18,20H2,1-4H3,(H,38,39). The summed E-state index contributed by atoms with van der Waals surface area (Å²) in [4.78, 5) is 30.2. The van der Waals surface area contributed by atoms with Crippen molar-refractivity contribution in [2.45, 2.75) is 53.0 Å². The van der Waals surface area contributed by atoms with Crippen molar-refractivity contribution in [1.82, 2.24) is 24.8 Å². The lowest BCUT2D eigenvalue weighted by molar-refractivity contribution is 0.0559. The molecule has 1 atom stereocenters. The number of nitrogens with one attached hydrogen (secondary N) is 1. The largest absolute Gasteiger partial charge is 0.493 e. The lowest BCUT2D eigenvalue weighted by Crippen LogP contribution is -2.50. The third-order valence-corrected chi connectivity index (χ3v) is 8.02. The van der Waals surface area contributed by atoms with Crippen molar-refractivity contribution in [1.29, 1.82) is 5.26 Å². The number of hydrogen-bond acceptors (Lipinski definition) is 7. The fourth-order valence-electron chi connectivity index (χ4n) is 5.49. The first-order valence-corrected chi connectivity index (χ1v) is 15.3. The highest BCUT2D eigenvalue weighted by Crippen LogP contribution is 2.32. The number of carbonyl (C=O) groups excluding carboxylic acids is 1. The number of H-pyrrole nitrogens is 1. The van der Waals surface area contributed by atoms with Crippen molar-refractivity contribution < 1.29 is 14.3 Å². The van der Waals surface area contributed by atoms with E-state index in [0.717, 1.165) is 41.2 Å². The second-order valence-corrected chi connectivity index (χ2v) is 11.3. The third-order valence-electron chi connectivity index (χ3n) is 8.02. The minimum Gasteiger partial charge on any atom is -0.493 e. The predicted octanol–water partition coefficient (Wildman–Crippen LogP) is 6.31. The number of aromatic amines is 1. The van der Waals surface area contributed by atoms with Crippen LogP contribution in [0.25, 0.3) is 0 Å². The number of nitrogens with zero attached hydrogens (tertiary/aromatic N) is 5. The molecule has 44 heavy (non-hydrogen) atoms. The Morgan fingerprint density at radius 2 is 1.84 bits per heavy atom. The van der Waals surface area contributed by atoms with Crippen LogP contribution in [0.5, 0.6) is 17.2 Å². The molecule has 0 saturated carbocycles. The number of hydrogen-bond donors (Lipinski definition) is 1. The maximum Gasteiger partial charge on any atom is 0.257 e. The lowest BCUT2D eigenvalue weighted by atomic mass is 9.99. The van der Waals surface area contributed by atoms with E-state index in [0.29, 0.717) is 67.6 Å². The first-order chi connectivity index (χ1) is 21.4. The summed E-state index contributed by atoms with van der Waals surface area (Å²) in [7, 11) is 0. The van der Waals surface area contributed by atoms with Gasteiger partial charge < -0.3 is 19.4 Å². The Bertz CT molecular complexity index is 1630. The molecule has 0 aliphatic carbocycles. The summed E-state index contributed by atoms with van der Waals surface area (Å²) in [5.74, 6) is 2.65. The number of amides is 1. The molecule has 0 bridgehead atoms. The molecule has 1 saturated heterocycles. The van der Waals surface area contributed by atoms with Gasteiger partial charge in [-0.3, -0.25) is 14.7 Å². The average molecular weight is 593 g/mol. The molecule has 1 aliphatic rings. The fraction of sp³-hybridized carbons (Fsp3) is 0.371. The van der Waals surface area contributed by atoms with Gasteiger partial charge in [0.05, 0.1) is 35.2 Å². The number of benzene rings is 2. The molecule has 9 nitrogen and oxygen atoms in total. The summed E-state index contributed by atoms with van der Waals surface area (Å²) < 4.78 is 12.2. The molecule has 1 N–H and O–H groups in total. The van der Waals surface area contributed by atoms with Crippen LogP contribution in [0.15, 0.2) is 60.9 Å². The van der Waals surface area contributed by atoms with Crippen LogP contribution >= 0.6 is 0 Å². The molecular formula is C35H40N6O3. The van der Waals surface area contributed by atoms with E-state index in [1.54, 1.807) is 6.20 Å². The van der Waals surface area contributed by atoms with Crippen molar-refractivity contribution in [3.8, 4) is 23.3 Å². The zero-order chi connectivity index (χ0) is 31.1. The van der Waals surface area contributed by atoms with E-state index in [1.807, 2.05) is 80.4 Å². The van der Waals surface area contributed by atoms with E-state index in [9.17, 15) is 10.1 Å². The number of carbonyl (C=O) groups is 1. The minimum absolute atomic E-state index is 0.00155. The molecular weight excluding hydrogens is 552 g/mol. The van der Waals surface area contributed by atoms with Gasteiger partial charge in [-0.05, 0) is 81.1 Å². The molecule has 1 amide bonds. The van der Waals surface area contributed by atoms with Crippen LogP contribution in [0.1, 0.15) is 70.1 Å². The first-order valence-electron chi connectivity index (χ1n) is 15.3. The lowest BCUT2D eigenvalue weighted by Gasteiger charge is -2.39. The number of aryl methyl sites for hydroxylation is 3. The maximum absolute atomic E-state index is 13.6. The predicted molar refractivity (Wildman–Crippen MR) is 169 cm³/mol. The zero-order valence-electron chi connectivity index (χ0n) is 26.0. The topological polar surface area (TPSA) is 107 Å². The van der Waals surface area contributed by atoms with Crippen LogP contribution in [0, 0.1) is 32.1 Å². The van der Waals surface area contributed by atoms with Crippen molar-refractivity contribution in [3.63, 3.8) is 0 Å². The summed E-state index contributed by atoms with van der Waals surface area (Å²) in [6.07, 6.45) is 6.27. The number of imidazole rings is 1. The first kappa shape index (κ1) is 30.8. The van der Waals surface area contributed by atoms with Gasteiger partial charge in [0.2, 0.25) is 0 Å². The van der Waals surface area contributed by atoms with Gasteiger partial charge in [-0.2, -0.15) is 5.26 Å². The summed E-state index contributed by atoms with van der Waals surface area (Å²) in [6, 6.07) is 17.5. The highest BCUT2D eigenvalue weighted by atomic mass is 16.5. The van der Waals surface area contributed by atoms with E-state index in [-0.39, 0.29) is 11.9 Å². The van der Waals surface area contributed by atoms with Crippen LogP contribution in [0.2, 0.25) is 0 Å². The van der Waals surface area contributed by atoms with Gasteiger partial charge in [0, 0.05) is 38.6 Å². The van der Waals surface area contributed by atoms with E-state index in [4.69, 9.17) is 9.47 Å². The number of ether oxygens (including phenoxy) is 2. The van der Waals surface area contributed by atoms with Crippen LogP contribution in [-0.2, 0) is 6.42 Å². The Morgan fingerprint density at radius 1 is 1.02 bits per heavy atom. The van der Waals surface area contributed by atoms with Crippen LogP contribution in [-0.4, -0.2) is 63.4 Å². The van der Waals surface area contributed by atoms with Crippen molar-refractivity contribution in [2.75, 3.05) is 32.8 Å². The Hall–Kier alpha value is -4.68. The summed E-state index contributed by atoms with van der Waals surface area (Å²) in [6.45, 7) is 11.2. The molecule has 2 aromatic carbocycles. The second-order valence-electron chi connectivity index (χ2n) is 11.3. The number of piperazine rings is 1. The van der Waals surface area contributed by atoms with Gasteiger partial charge in [0.15, 0.2) is 0 Å². The van der Waals surface area contributed by atoms with Crippen LogP contribution in [0.4, 0.5) is 0 Å². The molecule has 1 unspecified atom stereocenters. The van der Waals surface area contributed by atoms with Gasteiger partial charge in [-0.1, -0.05) is 25.5 Å². The van der Waals surface area contributed by atoms with Gasteiger partial charge in [0.25, 0.3) is 5.91 Å². The second kappa shape index (κ2) is 14.2. The van der Waals surface area contributed by atoms with Gasteiger partial charge in [0.1, 0.15) is 29.1 Å². The Balaban J connectivity index is 1.33. The maximum atomic E-state index is 13.6. The fourth-order valence-corrected chi connectivity index (χ4v) is 5.49. The molecule has 2 aromatic heterocycles. The Morgan fingerprint density at radius 3 is 2.55 bits per heavy atom. The summed E-state index contributed by atoms with van der Waals surface area (Å²) >= 11 is 0. The summed E-state index contributed by atoms with van der Waals surface area (Å²) in [5.41, 5.74) is 4.96. The van der Waals surface area contributed by atoms with Crippen LogP contribution < -0.4 is 9.47 Å². The normalized spacial score (nSPS) is 14.2. The van der Waals surface area contributed by atoms with Crippen LogP contribution in [0.3, 0.4) is 0 Å². The number of nitriles is 1. The molecule has 1 fully saturated rings. The number of unbranched alkanes of at least 4 members (excludes halogenated alkanes) is 1. The Kier molecular flexibility index (Phi) is 9.93. The minimum atomic E-state index is 0.00155. The number of rotatable bonds is 11.